The lowest BCUT2D eigenvalue weighted by Crippen LogP contribution is -2.20. The van der Waals surface area contributed by atoms with Crippen molar-refractivity contribution >= 4 is 39.1 Å². The SMILES string of the molecule is O=C(COc1ccc(Br)cc1)Nc1cccc(Cl)c1F. The van der Waals surface area contributed by atoms with Crippen LogP contribution in [-0.4, -0.2) is 12.5 Å². The summed E-state index contributed by atoms with van der Waals surface area (Å²) >= 11 is 8.92. The average molecular weight is 359 g/mol. The van der Waals surface area contributed by atoms with Gasteiger partial charge < -0.3 is 10.1 Å². The van der Waals surface area contributed by atoms with E-state index >= 15 is 0 Å². The third-order valence-corrected chi connectivity index (χ3v) is 3.23. The molecule has 0 bridgehead atoms. The first-order valence-electron chi connectivity index (χ1n) is 5.68. The highest BCUT2D eigenvalue weighted by molar-refractivity contribution is 9.10. The molecule has 2 rings (SSSR count). The molecule has 1 N–H and O–H groups in total. The molecule has 6 heteroatoms. The van der Waals surface area contributed by atoms with Gasteiger partial charge in [-0.15, -0.1) is 0 Å². The number of carbonyl (C=O) groups excluding carboxylic acids is 1. The molecule has 0 fully saturated rings. The highest BCUT2D eigenvalue weighted by atomic mass is 79.9. The smallest absolute Gasteiger partial charge is 0.262 e. The summed E-state index contributed by atoms with van der Waals surface area (Å²) in [6, 6.07) is 11.4. The lowest BCUT2D eigenvalue weighted by molar-refractivity contribution is -0.118. The van der Waals surface area contributed by atoms with Crippen LogP contribution in [0.15, 0.2) is 46.9 Å². The lowest BCUT2D eigenvalue weighted by Gasteiger charge is -2.08. The zero-order valence-corrected chi connectivity index (χ0v) is 12.5. The maximum Gasteiger partial charge on any atom is 0.262 e. The minimum atomic E-state index is -0.661. The summed E-state index contributed by atoms with van der Waals surface area (Å²) in [4.78, 5) is 11.7. The van der Waals surface area contributed by atoms with Crippen LogP contribution in [0.4, 0.5) is 10.1 Å². The van der Waals surface area contributed by atoms with Crippen LogP contribution < -0.4 is 10.1 Å². The summed E-state index contributed by atoms with van der Waals surface area (Å²) in [5.41, 5.74) is 0.0295. The summed E-state index contributed by atoms with van der Waals surface area (Å²) in [6.45, 7) is -0.215. The fraction of sp³-hybridized carbons (Fsp3) is 0.0714. The van der Waals surface area contributed by atoms with Crippen molar-refractivity contribution in [2.75, 3.05) is 11.9 Å². The number of carbonyl (C=O) groups is 1. The largest absolute Gasteiger partial charge is 0.484 e. The monoisotopic (exact) mass is 357 g/mol. The molecule has 20 heavy (non-hydrogen) atoms. The Morgan fingerprint density at radius 3 is 2.65 bits per heavy atom. The average Bonchev–Trinajstić information content (AvgIpc) is 2.43. The van der Waals surface area contributed by atoms with Gasteiger partial charge in [0.1, 0.15) is 5.75 Å². The Labute approximate surface area is 128 Å². The van der Waals surface area contributed by atoms with Crippen molar-refractivity contribution in [3.8, 4) is 5.75 Å². The van der Waals surface area contributed by atoms with Crippen molar-refractivity contribution < 1.29 is 13.9 Å². The minimum Gasteiger partial charge on any atom is -0.484 e. The highest BCUT2D eigenvalue weighted by Crippen LogP contribution is 2.22. The van der Waals surface area contributed by atoms with Crippen LogP contribution in [0.3, 0.4) is 0 Å². The standard InChI is InChI=1S/C14H10BrClFNO2/c15-9-4-6-10(7-5-9)20-8-13(19)18-12-3-1-2-11(16)14(12)17/h1-7H,8H2,(H,18,19). The maximum atomic E-state index is 13.6. The lowest BCUT2D eigenvalue weighted by atomic mass is 10.3. The number of hydrogen-bond acceptors (Lipinski definition) is 2. The molecule has 0 atom stereocenters. The highest BCUT2D eigenvalue weighted by Gasteiger charge is 2.10. The molecule has 0 aromatic heterocycles. The van der Waals surface area contributed by atoms with Gasteiger partial charge in [-0.2, -0.15) is 0 Å². The molecule has 0 aliphatic rings. The number of anilines is 1. The van der Waals surface area contributed by atoms with Gasteiger partial charge in [0.25, 0.3) is 5.91 Å². The second-order valence-electron chi connectivity index (χ2n) is 3.89. The van der Waals surface area contributed by atoms with Gasteiger partial charge in [-0.25, -0.2) is 4.39 Å². The molecule has 0 saturated heterocycles. The first-order valence-corrected chi connectivity index (χ1v) is 6.85. The van der Waals surface area contributed by atoms with E-state index < -0.39 is 11.7 Å². The zero-order valence-electron chi connectivity index (χ0n) is 10.2. The number of ether oxygens (including phenoxy) is 1. The molecule has 0 saturated carbocycles. The van der Waals surface area contributed by atoms with E-state index in [0.29, 0.717) is 5.75 Å². The summed E-state index contributed by atoms with van der Waals surface area (Å²) in [6.07, 6.45) is 0. The van der Waals surface area contributed by atoms with Gasteiger partial charge in [0.2, 0.25) is 0 Å². The Hall–Kier alpha value is -1.59. The van der Waals surface area contributed by atoms with Crippen LogP contribution in [0.1, 0.15) is 0 Å². The van der Waals surface area contributed by atoms with E-state index in [1.807, 2.05) is 0 Å². The Balaban J connectivity index is 1.92. The third kappa shape index (κ3) is 3.95. The molecule has 2 aromatic rings. The van der Waals surface area contributed by atoms with Crippen LogP contribution in [0, 0.1) is 5.82 Å². The van der Waals surface area contributed by atoms with Crippen molar-refractivity contribution in [2.45, 2.75) is 0 Å². The molecule has 0 spiro atoms. The second kappa shape index (κ2) is 6.72. The van der Waals surface area contributed by atoms with E-state index in [2.05, 4.69) is 21.2 Å². The first-order chi connectivity index (χ1) is 9.56. The third-order valence-electron chi connectivity index (χ3n) is 2.41. The second-order valence-corrected chi connectivity index (χ2v) is 5.22. The van der Waals surface area contributed by atoms with Gasteiger partial charge in [-0.05, 0) is 36.4 Å². The molecule has 0 radical (unpaired) electrons. The normalized spacial score (nSPS) is 10.2. The summed E-state index contributed by atoms with van der Waals surface area (Å²) in [5.74, 6) is -0.574. The summed E-state index contributed by atoms with van der Waals surface area (Å²) in [5, 5.41) is 2.36. The van der Waals surface area contributed by atoms with Crippen LogP contribution in [0.5, 0.6) is 5.75 Å². The summed E-state index contributed by atoms with van der Waals surface area (Å²) in [7, 11) is 0. The van der Waals surface area contributed by atoms with Crippen LogP contribution in [0.2, 0.25) is 5.02 Å². The van der Waals surface area contributed by atoms with Crippen molar-refractivity contribution in [3.05, 3.63) is 57.8 Å². The number of amides is 1. The number of hydrogen-bond donors (Lipinski definition) is 1. The van der Waals surface area contributed by atoms with Crippen molar-refractivity contribution in [2.24, 2.45) is 0 Å². The van der Waals surface area contributed by atoms with Gasteiger partial charge in [0.05, 0.1) is 10.7 Å². The van der Waals surface area contributed by atoms with E-state index in [4.69, 9.17) is 16.3 Å². The van der Waals surface area contributed by atoms with E-state index in [1.165, 1.54) is 12.1 Å². The molecule has 0 aliphatic heterocycles. The molecule has 0 aliphatic carbocycles. The molecular formula is C14H10BrClFNO2. The fourth-order valence-corrected chi connectivity index (χ4v) is 1.91. The number of rotatable bonds is 4. The minimum absolute atomic E-state index is 0.0295. The fourth-order valence-electron chi connectivity index (χ4n) is 1.47. The molecule has 0 unspecified atom stereocenters. The van der Waals surface area contributed by atoms with Crippen molar-refractivity contribution in [1.29, 1.82) is 0 Å². The first kappa shape index (κ1) is 14.8. The topological polar surface area (TPSA) is 38.3 Å². The molecular weight excluding hydrogens is 349 g/mol. The molecule has 0 heterocycles. The van der Waals surface area contributed by atoms with Crippen molar-refractivity contribution in [3.63, 3.8) is 0 Å². The molecule has 104 valence electrons. The van der Waals surface area contributed by atoms with E-state index in [1.54, 1.807) is 30.3 Å². The molecule has 1 amide bonds. The number of halogens is 3. The quantitative estimate of drug-likeness (QED) is 0.887. The number of nitrogens with one attached hydrogen (secondary N) is 1. The predicted molar refractivity (Wildman–Crippen MR) is 79.7 cm³/mol. The van der Waals surface area contributed by atoms with Crippen LogP contribution in [0.25, 0.3) is 0 Å². The predicted octanol–water partition coefficient (Wildman–Crippen LogP) is 4.26. The van der Waals surface area contributed by atoms with Gasteiger partial charge >= 0.3 is 0 Å². The van der Waals surface area contributed by atoms with E-state index in [9.17, 15) is 9.18 Å². The summed E-state index contributed by atoms with van der Waals surface area (Å²) < 4.78 is 19.8. The van der Waals surface area contributed by atoms with Gasteiger partial charge in [-0.3, -0.25) is 4.79 Å². The Morgan fingerprint density at radius 2 is 1.95 bits per heavy atom. The van der Waals surface area contributed by atoms with Crippen LogP contribution >= 0.6 is 27.5 Å². The van der Waals surface area contributed by atoms with Gasteiger partial charge in [-0.1, -0.05) is 33.6 Å². The van der Waals surface area contributed by atoms with Crippen molar-refractivity contribution in [1.82, 2.24) is 0 Å². The van der Waals surface area contributed by atoms with Gasteiger partial charge in [0, 0.05) is 4.47 Å². The molecule has 2 aromatic carbocycles. The Morgan fingerprint density at radius 1 is 1.25 bits per heavy atom. The van der Waals surface area contributed by atoms with E-state index in [0.717, 1.165) is 4.47 Å². The van der Waals surface area contributed by atoms with Gasteiger partial charge in [0.15, 0.2) is 12.4 Å². The molecule has 3 nitrogen and oxygen atoms in total. The number of benzene rings is 2. The van der Waals surface area contributed by atoms with E-state index in [-0.39, 0.29) is 17.3 Å². The Kier molecular flexibility index (Phi) is 4.98. The van der Waals surface area contributed by atoms with Crippen LogP contribution in [-0.2, 0) is 4.79 Å². The maximum absolute atomic E-state index is 13.6. The zero-order chi connectivity index (χ0) is 14.5. The Bertz CT molecular complexity index is 619.